The second-order valence-corrected chi connectivity index (χ2v) is 6.89. The van der Waals surface area contributed by atoms with Crippen molar-refractivity contribution in [1.29, 1.82) is 0 Å². The first kappa shape index (κ1) is 14.5. The molecule has 0 aromatic heterocycles. The van der Waals surface area contributed by atoms with Crippen molar-refractivity contribution in [2.75, 3.05) is 13.2 Å². The van der Waals surface area contributed by atoms with Gasteiger partial charge in [0.05, 0.1) is 4.90 Å². The minimum Gasteiger partial charge on any atom is -0.396 e. The lowest BCUT2D eigenvalue weighted by atomic mass is 10.1. The maximum absolute atomic E-state index is 12.1. The molecule has 1 fully saturated rings. The smallest absolute Gasteiger partial charge is 0.240 e. The van der Waals surface area contributed by atoms with E-state index < -0.39 is 10.0 Å². The van der Waals surface area contributed by atoms with Crippen molar-refractivity contribution in [2.45, 2.75) is 37.0 Å². The molecule has 19 heavy (non-hydrogen) atoms. The molecular formula is C14H21NO3S. The average molecular weight is 283 g/mol. The summed E-state index contributed by atoms with van der Waals surface area (Å²) in [6.45, 7) is 0.618. The van der Waals surface area contributed by atoms with Gasteiger partial charge in [-0.25, -0.2) is 13.1 Å². The lowest BCUT2D eigenvalue weighted by molar-refractivity contribution is 0.299. The van der Waals surface area contributed by atoms with Crippen molar-refractivity contribution in [3.05, 3.63) is 29.8 Å². The van der Waals surface area contributed by atoms with Crippen LogP contribution in [-0.4, -0.2) is 26.7 Å². The van der Waals surface area contributed by atoms with Gasteiger partial charge in [-0.2, -0.15) is 0 Å². The predicted molar refractivity (Wildman–Crippen MR) is 74.4 cm³/mol. The molecule has 0 unspecified atom stereocenters. The highest BCUT2D eigenvalue weighted by atomic mass is 32.2. The van der Waals surface area contributed by atoms with E-state index in [9.17, 15) is 8.42 Å². The molecule has 106 valence electrons. The zero-order valence-electron chi connectivity index (χ0n) is 11.0. The number of aliphatic hydroxyl groups excluding tert-OH is 1. The SMILES string of the molecule is O=S(=O)(NCC1CCCC1)c1ccc(CCO)cc1. The van der Waals surface area contributed by atoms with Crippen LogP contribution in [0.25, 0.3) is 0 Å². The largest absolute Gasteiger partial charge is 0.396 e. The van der Waals surface area contributed by atoms with Gasteiger partial charge in [0, 0.05) is 13.2 Å². The first-order valence-electron chi connectivity index (χ1n) is 6.81. The minimum absolute atomic E-state index is 0.0754. The van der Waals surface area contributed by atoms with Crippen LogP contribution < -0.4 is 4.72 Å². The van der Waals surface area contributed by atoms with Crippen LogP contribution in [0.15, 0.2) is 29.2 Å². The lowest BCUT2D eigenvalue weighted by Gasteiger charge is -2.11. The zero-order chi connectivity index (χ0) is 13.7. The van der Waals surface area contributed by atoms with Gasteiger partial charge in [-0.05, 0) is 42.9 Å². The van der Waals surface area contributed by atoms with Crippen LogP contribution in [0.3, 0.4) is 0 Å². The van der Waals surface area contributed by atoms with E-state index in [2.05, 4.69) is 4.72 Å². The Balaban J connectivity index is 1.97. The summed E-state index contributed by atoms with van der Waals surface area (Å²) in [6.07, 6.45) is 5.22. The maximum Gasteiger partial charge on any atom is 0.240 e. The molecule has 1 aromatic carbocycles. The number of nitrogens with one attached hydrogen (secondary N) is 1. The Morgan fingerprint density at radius 3 is 2.37 bits per heavy atom. The van der Waals surface area contributed by atoms with Gasteiger partial charge >= 0.3 is 0 Å². The minimum atomic E-state index is -3.39. The number of hydrogen-bond donors (Lipinski definition) is 2. The van der Waals surface area contributed by atoms with Crippen LogP contribution in [0.1, 0.15) is 31.2 Å². The quantitative estimate of drug-likeness (QED) is 0.835. The molecule has 4 nitrogen and oxygen atoms in total. The van der Waals surface area contributed by atoms with E-state index in [4.69, 9.17) is 5.11 Å². The summed E-state index contributed by atoms with van der Waals surface area (Å²) in [5, 5.41) is 8.82. The molecular weight excluding hydrogens is 262 g/mol. The number of benzene rings is 1. The fourth-order valence-electron chi connectivity index (χ4n) is 2.49. The molecule has 1 aromatic rings. The van der Waals surface area contributed by atoms with Crippen molar-refractivity contribution in [1.82, 2.24) is 4.72 Å². The Bertz CT molecular complexity index is 490. The molecule has 0 radical (unpaired) electrons. The average Bonchev–Trinajstić information content (AvgIpc) is 2.91. The Kier molecular flexibility index (Phi) is 4.96. The summed E-state index contributed by atoms with van der Waals surface area (Å²) < 4.78 is 26.9. The third-order valence-electron chi connectivity index (χ3n) is 3.67. The van der Waals surface area contributed by atoms with E-state index in [0.717, 1.165) is 18.4 Å². The fraction of sp³-hybridized carbons (Fsp3) is 0.571. The van der Waals surface area contributed by atoms with Crippen LogP contribution in [-0.2, 0) is 16.4 Å². The van der Waals surface area contributed by atoms with Gasteiger partial charge in [0.1, 0.15) is 0 Å². The second-order valence-electron chi connectivity index (χ2n) is 5.12. The van der Waals surface area contributed by atoms with Crippen molar-refractivity contribution in [3.8, 4) is 0 Å². The van der Waals surface area contributed by atoms with Gasteiger partial charge in [0.15, 0.2) is 0 Å². The van der Waals surface area contributed by atoms with Crippen molar-refractivity contribution < 1.29 is 13.5 Å². The summed E-state index contributed by atoms with van der Waals surface area (Å²) in [5.41, 5.74) is 0.942. The normalized spacial score (nSPS) is 16.9. The van der Waals surface area contributed by atoms with Gasteiger partial charge in [-0.1, -0.05) is 25.0 Å². The van der Waals surface area contributed by atoms with Crippen LogP contribution in [0, 0.1) is 5.92 Å². The zero-order valence-corrected chi connectivity index (χ0v) is 11.8. The Labute approximate surface area is 114 Å². The summed E-state index contributed by atoms with van der Waals surface area (Å²) in [4.78, 5) is 0.298. The molecule has 2 rings (SSSR count). The van der Waals surface area contributed by atoms with E-state index in [0.29, 0.717) is 23.8 Å². The van der Waals surface area contributed by atoms with Crippen molar-refractivity contribution >= 4 is 10.0 Å². The molecule has 2 N–H and O–H groups in total. The summed E-state index contributed by atoms with van der Waals surface area (Å²) >= 11 is 0. The lowest BCUT2D eigenvalue weighted by Crippen LogP contribution is -2.28. The molecule has 1 aliphatic carbocycles. The predicted octanol–water partition coefficient (Wildman–Crippen LogP) is 1.69. The van der Waals surface area contributed by atoms with Crippen LogP contribution in [0.2, 0.25) is 0 Å². The van der Waals surface area contributed by atoms with Gasteiger partial charge in [0.2, 0.25) is 10.0 Å². The molecule has 1 saturated carbocycles. The third kappa shape index (κ3) is 4.03. The molecule has 0 atom stereocenters. The molecule has 0 aliphatic heterocycles. The highest BCUT2D eigenvalue weighted by Gasteiger charge is 2.19. The fourth-order valence-corrected chi connectivity index (χ4v) is 3.61. The standard InChI is InChI=1S/C14H21NO3S/c16-10-9-12-5-7-14(8-6-12)19(17,18)15-11-13-3-1-2-4-13/h5-8,13,15-16H,1-4,9-11H2. The first-order chi connectivity index (χ1) is 9.12. The number of hydrogen-bond acceptors (Lipinski definition) is 3. The first-order valence-corrected chi connectivity index (χ1v) is 8.29. The molecule has 0 bridgehead atoms. The highest BCUT2D eigenvalue weighted by molar-refractivity contribution is 7.89. The topological polar surface area (TPSA) is 66.4 Å². The van der Waals surface area contributed by atoms with E-state index in [-0.39, 0.29) is 6.61 Å². The van der Waals surface area contributed by atoms with Crippen LogP contribution >= 0.6 is 0 Å². The van der Waals surface area contributed by atoms with Crippen LogP contribution in [0.4, 0.5) is 0 Å². The van der Waals surface area contributed by atoms with E-state index in [1.165, 1.54) is 12.8 Å². The van der Waals surface area contributed by atoms with Gasteiger partial charge in [0.25, 0.3) is 0 Å². The van der Waals surface area contributed by atoms with Gasteiger partial charge < -0.3 is 5.11 Å². The highest BCUT2D eigenvalue weighted by Crippen LogP contribution is 2.24. The van der Waals surface area contributed by atoms with Gasteiger partial charge in [-0.3, -0.25) is 0 Å². The van der Waals surface area contributed by atoms with Crippen molar-refractivity contribution in [3.63, 3.8) is 0 Å². The van der Waals surface area contributed by atoms with E-state index >= 15 is 0 Å². The number of rotatable bonds is 6. The Morgan fingerprint density at radius 1 is 1.16 bits per heavy atom. The monoisotopic (exact) mass is 283 g/mol. The van der Waals surface area contributed by atoms with E-state index in [1.54, 1.807) is 24.3 Å². The van der Waals surface area contributed by atoms with E-state index in [1.807, 2.05) is 0 Å². The molecule has 5 heteroatoms. The third-order valence-corrected chi connectivity index (χ3v) is 5.11. The number of aliphatic hydroxyl groups is 1. The molecule has 0 saturated heterocycles. The molecule has 0 spiro atoms. The second kappa shape index (κ2) is 6.50. The Morgan fingerprint density at radius 2 is 1.79 bits per heavy atom. The Hall–Kier alpha value is -0.910. The van der Waals surface area contributed by atoms with Crippen LogP contribution in [0.5, 0.6) is 0 Å². The number of sulfonamides is 1. The molecule has 0 amide bonds. The maximum atomic E-state index is 12.1. The molecule has 0 heterocycles. The molecule has 1 aliphatic rings. The van der Waals surface area contributed by atoms with Gasteiger partial charge in [-0.15, -0.1) is 0 Å². The summed E-state index contributed by atoms with van der Waals surface area (Å²) in [6, 6.07) is 6.70. The van der Waals surface area contributed by atoms with Crippen molar-refractivity contribution in [2.24, 2.45) is 5.92 Å². The summed E-state index contributed by atoms with van der Waals surface area (Å²) in [7, 11) is -3.39. The summed E-state index contributed by atoms with van der Waals surface area (Å²) in [5.74, 6) is 0.489.